The lowest BCUT2D eigenvalue weighted by Crippen LogP contribution is -2.12. The second-order valence-corrected chi connectivity index (χ2v) is 4.08. The predicted octanol–water partition coefficient (Wildman–Crippen LogP) is 2.07. The number of benzene rings is 1. The highest BCUT2D eigenvalue weighted by molar-refractivity contribution is 5.61. The number of phenolic OH excluding ortho intramolecular Hbond substituents is 1. The first-order chi connectivity index (χ1) is 8.65. The van der Waals surface area contributed by atoms with Gasteiger partial charge in [-0.05, 0) is 32.2 Å². The monoisotopic (exact) mass is 247 g/mol. The zero-order valence-corrected chi connectivity index (χ0v) is 10.7. The highest BCUT2D eigenvalue weighted by Crippen LogP contribution is 2.30. The third kappa shape index (κ3) is 2.31. The van der Waals surface area contributed by atoms with E-state index in [2.05, 4.69) is 15.3 Å². The third-order valence-corrected chi connectivity index (χ3v) is 2.95. The maximum atomic E-state index is 9.74. The molecule has 0 aliphatic rings. The van der Waals surface area contributed by atoms with E-state index in [0.29, 0.717) is 5.75 Å². The maximum absolute atomic E-state index is 9.74. The Hall–Kier alpha value is -2.01. The lowest BCUT2D eigenvalue weighted by Gasteiger charge is -2.06. The second-order valence-electron chi connectivity index (χ2n) is 4.08. The molecule has 0 aliphatic heterocycles. The van der Waals surface area contributed by atoms with Gasteiger partial charge < -0.3 is 20.1 Å². The summed E-state index contributed by atoms with van der Waals surface area (Å²) in [6.07, 6.45) is 1.79. The van der Waals surface area contributed by atoms with Gasteiger partial charge in [-0.1, -0.05) is 0 Å². The summed E-state index contributed by atoms with van der Waals surface area (Å²) in [6, 6.07) is 5.41. The minimum Gasteiger partial charge on any atom is -0.504 e. The Kier molecular flexibility index (Phi) is 3.53. The molecule has 1 aromatic heterocycles. The van der Waals surface area contributed by atoms with Gasteiger partial charge in [0.05, 0.1) is 19.0 Å². The van der Waals surface area contributed by atoms with Gasteiger partial charge in [-0.2, -0.15) is 0 Å². The van der Waals surface area contributed by atoms with Crippen molar-refractivity contribution in [3.63, 3.8) is 0 Å². The van der Waals surface area contributed by atoms with Crippen LogP contribution >= 0.6 is 0 Å². The molecule has 1 heterocycles. The average Bonchev–Trinajstić information content (AvgIpc) is 2.87. The van der Waals surface area contributed by atoms with Crippen molar-refractivity contribution in [1.82, 2.24) is 15.3 Å². The van der Waals surface area contributed by atoms with Crippen LogP contribution in [0.4, 0.5) is 0 Å². The van der Waals surface area contributed by atoms with Crippen molar-refractivity contribution >= 4 is 0 Å². The van der Waals surface area contributed by atoms with Crippen molar-refractivity contribution in [2.24, 2.45) is 0 Å². The molecule has 0 fully saturated rings. The molecule has 96 valence electrons. The topological polar surface area (TPSA) is 70.2 Å². The summed E-state index contributed by atoms with van der Waals surface area (Å²) < 4.78 is 5.01. The van der Waals surface area contributed by atoms with Crippen LogP contribution in [0.15, 0.2) is 24.4 Å². The normalized spacial score (nSPS) is 12.4. The molecular formula is C13H17N3O2. The molecular weight excluding hydrogens is 230 g/mol. The fourth-order valence-corrected chi connectivity index (χ4v) is 1.69. The summed E-state index contributed by atoms with van der Waals surface area (Å²) in [6.45, 7) is 2.04. The van der Waals surface area contributed by atoms with Crippen LogP contribution < -0.4 is 10.1 Å². The van der Waals surface area contributed by atoms with Crippen molar-refractivity contribution in [3.05, 3.63) is 30.1 Å². The highest BCUT2D eigenvalue weighted by atomic mass is 16.5. The first kappa shape index (κ1) is 12.4. The van der Waals surface area contributed by atoms with Crippen LogP contribution in [-0.2, 0) is 0 Å². The summed E-state index contributed by atoms with van der Waals surface area (Å²) in [5.41, 5.74) is 1.82. The van der Waals surface area contributed by atoms with E-state index >= 15 is 0 Å². The van der Waals surface area contributed by atoms with Crippen LogP contribution in [-0.4, -0.2) is 29.2 Å². The molecule has 5 nitrogen and oxygen atoms in total. The van der Waals surface area contributed by atoms with Crippen LogP contribution in [0, 0.1) is 0 Å². The SMILES string of the molecule is CNC(C)c1cnc(-c2ccc(OC)c(O)c2)[nH]1. The lowest BCUT2D eigenvalue weighted by molar-refractivity contribution is 0.373. The minimum atomic E-state index is 0.106. The number of H-pyrrole nitrogens is 1. The summed E-state index contributed by atoms with van der Waals surface area (Å²) in [5, 5.41) is 12.9. The van der Waals surface area contributed by atoms with E-state index < -0.39 is 0 Å². The number of hydrogen-bond acceptors (Lipinski definition) is 4. The molecule has 5 heteroatoms. The Bertz CT molecular complexity index is 537. The van der Waals surface area contributed by atoms with Gasteiger partial charge in [0, 0.05) is 11.6 Å². The first-order valence-corrected chi connectivity index (χ1v) is 5.75. The number of methoxy groups -OCH3 is 1. The quantitative estimate of drug-likeness (QED) is 0.773. The molecule has 0 spiro atoms. The lowest BCUT2D eigenvalue weighted by atomic mass is 10.2. The van der Waals surface area contributed by atoms with Gasteiger partial charge in [-0.15, -0.1) is 0 Å². The second kappa shape index (κ2) is 5.10. The molecule has 0 aliphatic carbocycles. The van der Waals surface area contributed by atoms with Gasteiger partial charge in [-0.25, -0.2) is 4.98 Å². The number of phenols is 1. The molecule has 2 rings (SSSR count). The largest absolute Gasteiger partial charge is 0.504 e. The van der Waals surface area contributed by atoms with Crippen LogP contribution in [0.3, 0.4) is 0 Å². The zero-order chi connectivity index (χ0) is 13.1. The van der Waals surface area contributed by atoms with Crippen LogP contribution in [0.1, 0.15) is 18.7 Å². The number of rotatable bonds is 4. The average molecular weight is 247 g/mol. The van der Waals surface area contributed by atoms with E-state index in [9.17, 15) is 5.11 Å². The minimum absolute atomic E-state index is 0.106. The van der Waals surface area contributed by atoms with Crippen LogP contribution in [0.5, 0.6) is 11.5 Å². The molecule has 3 N–H and O–H groups in total. The van der Waals surface area contributed by atoms with E-state index in [4.69, 9.17) is 4.74 Å². The first-order valence-electron chi connectivity index (χ1n) is 5.75. The van der Waals surface area contributed by atoms with E-state index in [-0.39, 0.29) is 11.8 Å². The van der Waals surface area contributed by atoms with E-state index in [1.54, 1.807) is 18.3 Å². The Morgan fingerprint density at radius 3 is 2.83 bits per heavy atom. The Labute approximate surface area is 106 Å². The van der Waals surface area contributed by atoms with Gasteiger partial charge in [-0.3, -0.25) is 0 Å². The number of aromatic nitrogens is 2. The predicted molar refractivity (Wildman–Crippen MR) is 69.7 cm³/mol. The van der Waals surface area contributed by atoms with Gasteiger partial charge >= 0.3 is 0 Å². The standard InChI is InChI=1S/C13H17N3O2/c1-8(14-2)10-7-15-13(16-10)9-4-5-12(18-3)11(17)6-9/h4-8,14,17H,1-3H3,(H,15,16). The number of nitrogens with one attached hydrogen (secondary N) is 2. The zero-order valence-electron chi connectivity index (χ0n) is 10.7. The third-order valence-electron chi connectivity index (χ3n) is 2.95. The number of imidazole rings is 1. The molecule has 1 atom stereocenters. The molecule has 0 radical (unpaired) electrons. The number of aromatic amines is 1. The van der Waals surface area contributed by atoms with Gasteiger partial charge in [0.15, 0.2) is 11.5 Å². The molecule has 0 amide bonds. The Morgan fingerprint density at radius 1 is 1.44 bits per heavy atom. The van der Waals surface area contributed by atoms with E-state index in [1.165, 1.54) is 7.11 Å². The van der Waals surface area contributed by atoms with Crippen molar-refractivity contribution in [1.29, 1.82) is 0 Å². The van der Waals surface area contributed by atoms with E-state index in [0.717, 1.165) is 17.1 Å². The molecule has 18 heavy (non-hydrogen) atoms. The molecule has 0 saturated heterocycles. The number of hydrogen-bond donors (Lipinski definition) is 3. The Morgan fingerprint density at radius 2 is 2.22 bits per heavy atom. The van der Waals surface area contributed by atoms with Crippen molar-refractivity contribution in [3.8, 4) is 22.9 Å². The Balaban J connectivity index is 2.31. The van der Waals surface area contributed by atoms with Crippen molar-refractivity contribution < 1.29 is 9.84 Å². The molecule has 0 bridgehead atoms. The summed E-state index contributed by atoms with van der Waals surface area (Å²) in [4.78, 5) is 7.52. The van der Waals surface area contributed by atoms with Gasteiger partial charge in [0.2, 0.25) is 0 Å². The molecule has 1 unspecified atom stereocenters. The van der Waals surface area contributed by atoms with E-state index in [1.807, 2.05) is 20.0 Å². The summed E-state index contributed by atoms with van der Waals surface area (Å²) in [7, 11) is 3.42. The van der Waals surface area contributed by atoms with Crippen molar-refractivity contribution in [2.45, 2.75) is 13.0 Å². The summed E-state index contributed by atoms with van der Waals surface area (Å²) in [5.74, 6) is 1.29. The number of nitrogens with zero attached hydrogens (tertiary/aromatic N) is 1. The van der Waals surface area contributed by atoms with Gasteiger partial charge in [0.25, 0.3) is 0 Å². The number of aromatic hydroxyl groups is 1. The van der Waals surface area contributed by atoms with Crippen molar-refractivity contribution in [2.75, 3.05) is 14.2 Å². The van der Waals surface area contributed by atoms with Crippen LogP contribution in [0.25, 0.3) is 11.4 Å². The van der Waals surface area contributed by atoms with Gasteiger partial charge in [0.1, 0.15) is 5.82 Å². The highest BCUT2D eigenvalue weighted by Gasteiger charge is 2.10. The van der Waals surface area contributed by atoms with Crippen LogP contribution in [0.2, 0.25) is 0 Å². The fourth-order valence-electron chi connectivity index (χ4n) is 1.69. The molecule has 2 aromatic rings. The number of ether oxygens (including phenoxy) is 1. The fraction of sp³-hybridized carbons (Fsp3) is 0.308. The maximum Gasteiger partial charge on any atom is 0.160 e. The smallest absolute Gasteiger partial charge is 0.160 e. The molecule has 1 aromatic carbocycles. The summed E-state index contributed by atoms with van der Waals surface area (Å²) >= 11 is 0. The molecule has 0 saturated carbocycles.